The molecule has 0 amide bonds. The number of hydrogen-bond acceptors (Lipinski definition) is 7. The summed E-state index contributed by atoms with van der Waals surface area (Å²) in [6, 6.07) is 0. The highest BCUT2D eigenvalue weighted by Crippen LogP contribution is 2.46. The topological polar surface area (TPSA) is 86.6 Å². The third kappa shape index (κ3) is 4.35. The van der Waals surface area contributed by atoms with E-state index in [1.54, 1.807) is 0 Å². The smallest absolute Gasteiger partial charge is 0.190 e. The molecule has 2 N–H and O–H groups in total. The minimum atomic E-state index is -1.05. The van der Waals surface area contributed by atoms with E-state index in [9.17, 15) is 10.2 Å². The second kappa shape index (κ2) is 8.17. The van der Waals surface area contributed by atoms with E-state index < -0.39 is 49.4 Å². The van der Waals surface area contributed by atoms with Gasteiger partial charge in [-0.2, -0.15) is 0 Å². The van der Waals surface area contributed by atoms with Gasteiger partial charge < -0.3 is 33.9 Å². The van der Waals surface area contributed by atoms with Crippen LogP contribution in [0.15, 0.2) is 0 Å². The van der Waals surface area contributed by atoms with Crippen molar-refractivity contribution in [3.05, 3.63) is 0 Å². The number of hydrogen-bond donors (Lipinski definition) is 2. The molecule has 3 rings (SSSR count). The lowest BCUT2D eigenvalue weighted by molar-refractivity contribution is -0.270. The average molecular weight is 360 g/mol. The quantitative estimate of drug-likeness (QED) is 0.666. The minimum Gasteiger partial charge on any atom is -0.394 e. The van der Waals surface area contributed by atoms with Crippen LogP contribution < -0.4 is 0 Å². The molecule has 2 unspecified atom stereocenters. The zero-order valence-corrected chi connectivity index (χ0v) is 15.4. The Labute approximate surface area is 149 Å². The number of aliphatic hydroxyl groups excluding tert-OH is 2. The first-order chi connectivity index (χ1) is 11.9. The highest BCUT2D eigenvalue weighted by Gasteiger charge is 2.59. The number of ether oxygens (including phenoxy) is 5. The maximum atomic E-state index is 10.1. The van der Waals surface area contributed by atoms with Gasteiger partial charge in [0.05, 0.1) is 13.2 Å². The summed E-state index contributed by atoms with van der Waals surface area (Å²) < 4.78 is 29.9. The van der Waals surface area contributed by atoms with Crippen molar-refractivity contribution < 1.29 is 33.9 Å². The van der Waals surface area contributed by atoms with Crippen LogP contribution in [0.5, 0.6) is 0 Å². The third-order valence-electron chi connectivity index (χ3n) is 5.08. The van der Waals surface area contributed by atoms with Crippen molar-refractivity contribution in [2.45, 2.75) is 95.7 Å². The van der Waals surface area contributed by atoms with Gasteiger partial charge in [0.15, 0.2) is 18.4 Å². The molecule has 0 aromatic heterocycles. The van der Waals surface area contributed by atoms with E-state index in [-0.39, 0.29) is 0 Å². The van der Waals surface area contributed by atoms with Crippen molar-refractivity contribution >= 4 is 0 Å². The summed E-state index contributed by atoms with van der Waals surface area (Å²) in [7, 11) is 0. The Balaban J connectivity index is 1.67. The molecule has 2 heterocycles. The Morgan fingerprint density at radius 3 is 2.48 bits per heavy atom. The van der Waals surface area contributed by atoms with Crippen LogP contribution in [0.1, 0.15) is 52.9 Å². The molecule has 146 valence electrons. The molecule has 0 radical (unpaired) electrons. The van der Waals surface area contributed by atoms with Crippen molar-refractivity contribution in [1.82, 2.24) is 0 Å². The Bertz CT molecular complexity index is 424. The third-order valence-corrected chi connectivity index (χ3v) is 5.08. The molecule has 25 heavy (non-hydrogen) atoms. The van der Waals surface area contributed by atoms with Crippen LogP contribution in [-0.2, 0) is 23.7 Å². The molecular formula is C18H32O7. The van der Waals surface area contributed by atoms with Gasteiger partial charge in [0.25, 0.3) is 0 Å². The largest absolute Gasteiger partial charge is 0.394 e. The maximum Gasteiger partial charge on any atom is 0.190 e. The molecule has 1 spiro atoms. The predicted molar refractivity (Wildman–Crippen MR) is 88.7 cm³/mol. The van der Waals surface area contributed by atoms with Crippen LogP contribution in [0.2, 0.25) is 0 Å². The molecule has 3 aliphatic rings. The summed E-state index contributed by atoms with van der Waals surface area (Å²) in [5.41, 5.74) is 0. The van der Waals surface area contributed by atoms with Crippen LogP contribution in [-0.4, -0.2) is 66.2 Å². The van der Waals surface area contributed by atoms with Gasteiger partial charge in [0, 0.05) is 12.8 Å². The molecule has 7 heteroatoms. The van der Waals surface area contributed by atoms with Crippen LogP contribution in [0.4, 0.5) is 0 Å². The minimum absolute atomic E-state index is 0.397. The second-order valence-corrected chi connectivity index (χ2v) is 7.79. The predicted octanol–water partition coefficient (Wildman–Crippen LogP) is 1.54. The summed E-state index contributed by atoms with van der Waals surface area (Å²) in [5.74, 6) is -0.194. The fourth-order valence-electron chi connectivity index (χ4n) is 3.84. The summed E-state index contributed by atoms with van der Waals surface area (Å²) in [6.07, 6.45) is 1.27. The van der Waals surface area contributed by atoms with Crippen molar-refractivity contribution in [2.24, 2.45) is 5.92 Å². The second-order valence-electron chi connectivity index (χ2n) is 7.79. The first-order valence-corrected chi connectivity index (χ1v) is 9.51. The highest BCUT2D eigenvalue weighted by atomic mass is 16.8. The van der Waals surface area contributed by atoms with Gasteiger partial charge in [-0.1, -0.05) is 20.3 Å². The summed E-state index contributed by atoms with van der Waals surface area (Å²) in [4.78, 5) is 0. The fraction of sp³-hybridized carbons (Fsp3) is 1.00. The molecule has 0 bridgehead atoms. The molecular weight excluding hydrogens is 328 g/mol. The normalized spacial score (nSPS) is 36.7. The van der Waals surface area contributed by atoms with Crippen molar-refractivity contribution in [3.8, 4) is 0 Å². The lowest BCUT2D eigenvalue weighted by atomic mass is 9.94. The fourth-order valence-corrected chi connectivity index (χ4v) is 3.84. The zero-order valence-electron chi connectivity index (χ0n) is 15.4. The zero-order chi connectivity index (χ0) is 18.0. The van der Waals surface area contributed by atoms with Crippen molar-refractivity contribution in [3.63, 3.8) is 0 Å². The molecule has 6 atom stereocenters. The SMILES string of the molecule is CC(C)COC(C)O[C@@H]1[C@H]2OC3(CCCCC3)O[C@H]2O[C@@H]1C(O)CO. The Morgan fingerprint density at radius 1 is 1.12 bits per heavy atom. The van der Waals surface area contributed by atoms with Crippen LogP contribution in [0.3, 0.4) is 0 Å². The molecule has 3 fully saturated rings. The lowest BCUT2D eigenvalue weighted by Gasteiger charge is -2.35. The van der Waals surface area contributed by atoms with E-state index in [0.29, 0.717) is 12.5 Å². The van der Waals surface area contributed by atoms with Gasteiger partial charge in [-0.05, 0) is 25.7 Å². The van der Waals surface area contributed by atoms with E-state index >= 15 is 0 Å². The van der Waals surface area contributed by atoms with E-state index in [4.69, 9.17) is 23.7 Å². The first kappa shape index (κ1) is 19.5. The lowest BCUT2D eigenvalue weighted by Crippen LogP contribution is -2.46. The van der Waals surface area contributed by atoms with Gasteiger partial charge in [0.1, 0.15) is 24.4 Å². The van der Waals surface area contributed by atoms with E-state index in [2.05, 4.69) is 13.8 Å². The Kier molecular flexibility index (Phi) is 6.36. The Hall–Kier alpha value is -0.280. The van der Waals surface area contributed by atoms with E-state index in [0.717, 1.165) is 25.7 Å². The van der Waals surface area contributed by atoms with Crippen molar-refractivity contribution in [2.75, 3.05) is 13.2 Å². The highest BCUT2D eigenvalue weighted by molar-refractivity contribution is 4.99. The first-order valence-electron chi connectivity index (χ1n) is 9.51. The van der Waals surface area contributed by atoms with Crippen LogP contribution in [0.25, 0.3) is 0 Å². The molecule has 1 saturated carbocycles. The molecule has 0 aromatic carbocycles. The van der Waals surface area contributed by atoms with Gasteiger partial charge in [-0.3, -0.25) is 0 Å². The molecule has 7 nitrogen and oxygen atoms in total. The number of rotatable bonds is 7. The molecule has 1 aliphatic carbocycles. The van der Waals surface area contributed by atoms with Gasteiger partial charge in [0.2, 0.25) is 0 Å². The summed E-state index contributed by atoms with van der Waals surface area (Å²) >= 11 is 0. The Morgan fingerprint density at radius 2 is 1.84 bits per heavy atom. The molecule has 0 aromatic rings. The van der Waals surface area contributed by atoms with Gasteiger partial charge in [-0.15, -0.1) is 0 Å². The number of fused-ring (bicyclic) bond motifs is 1. The van der Waals surface area contributed by atoms with E-state index in [1.807, 2.05) is 6.92 Å². The van der Waals surface area contributed by atoms with Crippen molar-refractivity contribution in [1.29, 1.82) is 0 Å². The van der Waals surface area contributed by atoms with Gasteiger partial charge in [-0.25, -0.2) is 0 Å². The standard InChI is InChI=1S/C18H32O7/c1-11(2)10-21-12(3)22-15-14(13(20)9-19)23-17-16(15)24-18(25-17)7-5-4-6-8-18/h11-17,19-20H,4-10H2,1-3H3/t12?,13?,14-,15+,16-,17-/m1/s1. The molecule has 2 aliphatic heterocycles. The van der Waals surface area contributed by atoms with Crippen LogP contribution >= 0.6 is 0 Å². The number of aliphatic hydroxyl groups is 2. The monoisotopic (exact) mass is 360 g/mol. The van der Waals surface area contributed by atoms with Gasteiger partial charge >= 0.3 is 0 Å². The van der Waals surface area contributed by atoms with E-state index in [1.165, 1.54) is 6.42 Å². The summed E-state index contributed by atoms with van der Waals surface area (Å²) in [6.45, 7) is 6.14. The maximum absolute atomic E-state index is 10.1. The average Bonchev–Trinajstić information content (AvgIpc) is 3.08. The summed E-state index contributed by atoms with van der Waals surface area (Å²) in [5, 5.41) is 19.4. The van der Waals surface area contributed by atoms with Crippen LogP contribution in [0, 0.1) is 5.92 Å². The molecule has 2 saturated heterocycles.